The topological polar surface area (TPSA) is 35.8 Å². The van der Waals surface area contributed by atoms with E-state index in [-0.39, 0.29) is 0 Å². The smallest absolute Gasteiger partial charge is 0.0991 e. The van der Waals surface area contributed by atoms with Gasteiger partial charge in [0.05, 0.1) is 11.6 Å². The van der Waals surface area contributed by atoms with Crippen molar-refractivity contribution >= 4 is 23.0 Å². The first-order valence-electron chi connectivity index (χ1n) is 7.85. The number of allylic oxidation sites excluding steroid dienone is 1. The van der Waals surface area contributed by atoms with Gasteiger partial charge in [-0.2, -0.15) is 5.26 Å². The zero-order valence-electron chi connectivity index (χ0n) is 13.5. The van der Waals surface area contributed by atoms with Crippen LogP contribution in [0, 0.1) is 11.3 Å². The number of hydrogen-bond acceptors (Lipinski definition) is 2. The Morgan fingerprint density at radius 3 is 2.00 bits per heavy atom. The Labute approximate surface area is 142 Å². The van der Waals surface area contributed by atoms with Gasteiger partial charge in [-0.05, 0) is 60.0 Å². The maximum Gasteiger partial charge on any atom is 0.0991 e. The van der Waals surface area contributed by atoms with Crippen LogP contribution in [0.4, 0.5) is 11.4 Å². The number of nitrogens with one attached hydrogen (secondary N) is 1. The molecule has 116 valence electrons. The van der Waals surface area contributed by atoms with Gasteiger partial charge in [0.2, 0.25) is 0 Å². The third kappa shape index (κ3) is 3.91. The zero-order chi connectivity index (χ0) is 16.8. The van der Waals surface area contributed by atoms with Crippen molar-refractivity contribution in [2.75, 3.05) is 5.32 Å². The van der Waals surface area contributed by atoms with Gasteiger partial charge >= 0.3 is 0 Å². The highest BCUT2D eigenvalue weighted by Crippen LogP contribution is 2.21. The molecule has 0 bridgehead atoms. The number of nitrogens with zero attached hydrogens (tertiary/aromatic N) is 1. The molecule has 0 saturated heterocycles. The Kier molecular flexibility index (Phi) is 4.74. The molecule has 0 fully saturated rings. The van der Waals surface area contributed by atoms with E-state index in [1.165, 1.54) is 16.7 Å². The van der Waals surface area contributed by atoms with Gasteiger partial charge in [-0.1, -0.05) is 48.5 Å². The van der Waals surface area contributed by atoms with Gasteiger partial charge in [0.25, 0.3) is 0 Å². The molecule has 0 aliphatic heterocycles. The van der Waals surface area contributed by atoms with Crippen LogP contribution < -0.4 is 5.32 Å². The fraction of sp³-hybridized carbons (Fsp3) is 0.0455. The maximum atomic E-state index is 8.83. The Morgan fingerprint density at radius 2 is 1.42 bits per heavy atom. The van der Waals surface area contributed by atoms with E-state index in [2.05, 4.69) is 72.9 Å². The predicted octanol–water partition coefficient (Wildman–Crippen LogP) is 5.86. The predicted molar refractivity (Wildman–Crippen MR) is 101 cm³/mol. The van der Waals surface area contributed by atoms with Crippen molar-refractivity contribution in [2.45, 2.75) is 6.92 Å². The van der Waals surface area contributed by atoms with Crippen LogP contribution in [0.15, 0.2) is 78.9 Å². The van der Waals surface area contributed by atoms with Crippen LogP contribution in [0.5, 0.6) is 0 Å². The van der Waals surface area contributed by atoms with Crippen molar-refractivity contribution in [3.63, 3.8) is 0 Å². The Bertz CT molecular complexity index is 868. The van der Waals surface area contributed by atoms with Crippen LogP contribution >= 0.6 is 0 Å². The zero-order valence-corrected chi connectivity index (χ0v) is 13.5. The highest BCUT2D eigenvalue weighted by atomic mass is 14.9. The molecule has 0 aliphatic carbocycles. The summed E-state index contributed by atoms with van der Waals surface area (Å²) >= 11 is 0. The van der Waals surface area contributed by atoms with E-state index in [9.17, 15) is 0 Å². The molecule has 0 heterocycles. The summed E-state index contributed by atoms with van der Waals surface area (Å²) in [5.41, 5.74) is 6.30. The summed E-state index contributed by atoms with van der Waals surface area (Å²) in [5, 5.41) is 12.2. The minimum absolute atomic E-state index is 0.664. The number of benzene rings is 3. The molecule has 3 aromatic rings. The lowest BCUT2D eigenvalue weighted by atomic mass is 10.0. The molecule has 0 amide bonds. The Hall–Kier alpha value is -3.31. The third-order valence-electron chi connectivity index (χ3n) is 3.83. The van der Waals surface area contributed by atoms with Gasteiger partial charge in [-0.15, -0.1) is 0 Å². The quantitative estimate of drug-likeness (QED) is 0.612. The lowest BCUT2D eigenvalue weighted by Gasteiger charge is -2.07. The van der Waals surface area contributed by atoms with Crippen molar-refractivity contribution in [1.82, 2.24) is 0 Å². The van der Waals surface area contributed by atoms with Gasteiger partial charge in [0, 0.05) is 11.4 Å². The van der Waals surface area contributed by atoms with E-state index in [4.69, 9.17) is 5.26 Å². The molecular weight excluding hydrogens is 292 g/mol. The van der Waals surface area contributed by atoms with E-state index >= 15 is 0 Å². The molecule has 0 aliphatic rings. The molecule has 0 saturated carbocycles. The SMILES string of the molecule is C/C(=C\c1ccc(Nc2ccc(C#N)cc2)cc1)c1ccccc1. The van der Waals surface area contributed by atoms with Crippen molar-refractivity contribution in [2.24, 2.45) is 0 Å². The van der Waals surface area contributed by atoms with Crippen LogP contribution in [-0.4, -0.2) is 0 Å². The molecule has 2 heteroatoms. The number of nitriles is 1. The molecule has 0 aromatic heterocycles. The summed E-state index contributed by atoms with van der Waals surface area (Å²) in [7, 11) is 0. The lowest BCUT2D eigenvalue weighted by Crippen LogP contribution is -1.90. The molecule has 24 heavy (non-hydrogen) atoms. The number of hydrogen-bond donors (Lipinski definition) is 1. The Morgan fingerprint density at radius 1 is 0.833 bits per heavy atom. The van der Waals surface area contributed by atoms with Crippen LogP contribution in [0.2, 0.25) is 0 Å². The van der Waals surface area contributed by atoms with Crippen molar-refractivity contribution in [3.8, 4) is 6.07 Å². The first kappa shape index (κ1) is 15.6. The molecular formula is C22H18N2. The molecule has 0 unspecified atom stereocenters. The van der Waals surface area contributed by atoms with E-state index in [1.807, 2.05) is 30.3 Å². The maximum absolute atomic E-state index is 8.83. The lowest BCUT2D eigenvalue weighted by molar-refractivity contribution is 1.47. The number of anilines is 2. The normalized spacial score (nSPS) is 10.9. The summed E-state index contributed by atoms with van der Waals surface area (Å²) in [4.78, 5) is 0. The highest BCUT2D eigenvalue weighted by Gasteiger charge is 1.98. The largest absolute Gasteiger partial charge is 0.356 e. The van der Waals surface area contributed by atoms with Crippen molar-refractivity contribution in [3.05, 3.63) is 95.6 Å². The average molecular weight is 310 g/mol. The van der Waals surface area contributed by atoms with Crippen molar-refractivity contribution < 1.29 is 0 Å². The van der Waals surface area contributed by atoms with Crippen LogP contribution in [-0.2, 0) is 0 Å². The first-order chi connectivity index (χ1) is 11.7. The summed E-state index contributed by atoms with van der Waals surface area (Å²) in [6.07, 6.45) is 2.18. The standard InChI is InChI=1S/C22H18N2/c1-17(20-5-3-2-4-6-20)15-18-7-11-21(12-8-18)24-22-13-9-19(16-23)10-14-22/h2-15,24H,1H3/b17-15+. The number of rotatable bonds is 4. The third-order valence-corrected chi connectivity index (χ3v) is 3.83. The van der Waals surface area contributed by atoms with Crippen molar-refractivity contribution in [1.29, 1.82) is 5.26 Å². The minimum Gasteiger partial charge on any atom is -0.356 e. The summed E-state index contributed by atoms with van der Waals surface area (Å²) in [5.74, 6) is 0. The second kappa shape index (κ2) is 7.30. The monoisotopic (exact) mass is 310 g/mol. The highest BCUT2D eigenvalue weighted by molar-refractivity contribution is 5.80. The summed E-state index contributed by atoms with van der Waals surface area (Å²) < 4.78 is 0. The van der Waals surface area contributed by atoms with E-state index in [0.29, 0.717) is 5.56 Å². The first-order valence-corrected chi connectivity index (χ1v) is 7.85. The molecule has 1 N–H and O–H groups in total. The fourth-order valence-corrected chi connectivity index (χ4v) is 2.49. The van der Waals surface area contributed by atoms with Gasteiger partial charge < -0.3 is 5.32 Å². The van der Waals surface area contributed by atoms with Gasteiger partial charge in [0.1, 0.15) is 0 Å². The van der Waals surface area contributed by atoms with Crippen LogP contribution in [0.3, 0.4) is 0 Å². The van der Waals surface area contributed by atoms with E-state index < -0.39 is 0 Å². The molecule has 0 radical (unpaired) electrons. The summed E-state index contributed by atoms with van der Waals surface area (Å²) in [6, 6.07) is 28.2. The minimum atomic E-state index is 0.664. The molecule has 0 atom stereocenters. The van der Waals surface area contributed by atoms with Crippen LogP contribution in [0.1, 0.15) is 23.6 Å². The van der Waals surface area contributed by atoms with E-state index in [1.54, 1.807) is 0 Å². The Balaban J connectivity index is 1.72. The molecule has 2 nitrogen and oxygen atoms in total. The van der Waals surface area contributed by atoms with Gasteiger partial charge in [-0.3, -0.25) is 0 Å². The molecule has 3 aromatic carbocycles. The fourth-order valence-electron chi connectivity index (χ4n) is 2.49. The summed E-state index contributed by atoms with van der Waals surface area (Å²) in [6.45, 7) is 2.12. The molecule has 3 rings (SSSR count). The second-order valence-corrected chi connectivity index (χ2v) is 5.63. The van der Waals surface area contributed by atoms with E-state index in [0.717, 1.165) is 11.4 Å². The van der Waals surface area contributed by atoms with Gasteiger partial charge in [-0.25, -0.2) is 0 Å². The van der Waals surface area contributed by atoms with Crippen LogP contribution in [0.25, 0.3) is 11.6 Å². The van der Waals surface area contributed by atoms with Gasteiger partial charge in [0.15, 0.2) is 0 Å². The average Bonchev–Trinajstić information content (AvgIpc) is 2.65. The second-order valence-electron chi connectivity index (χ2n) is 5.63. The molecule has 0 spiro atoms.